The van der Waals surface area contributed by atoms with Crippen LogP contribution in [0.25, 0.3) is 0 Å². The van der Waals surface area contributed by atoms with Crippen LogP contribution in [0.3, 0.4) is 0 Å². The van der Waals surface area contributed by atoms with Gasteiger partial charge in [0.1, 0.15) is 0 Å². The fourth-order valence-electron chi connectivity index (χ4n) is 3.27. The number of halogens is 1. The van der Waals surface area contributed by atoms with Crippen molar-refractivity contribution in [2.45, 2.75) is 38.0 Å². The monoisotopic (exact) mass is 397 g/mol. The lowest BCUT2D eigenvalue weighted by molar-refractivity contribution is 0.0531. The number of ether oxygens (including phenoxy) is 1. The zero-order chi connectivity index (χ0) is 18.7. The third kappa shape index (κ3) is 6.67. The van der Waals surface area contributed by atoms with Crippen LogP contribution in [0, 0.1) is 0 Å². The first kappa shape index (κ1) is 21.4. The Labute approximate surface area is 167 Å². The van der Waals surface area contributed by atoms with E-state index in [0.29, 0.717) is 0 Å². The van der Waals surface area contributed by atoms with Crippen LogP contribution >= 0.6 is 23.4 Å². The highest BCUT2D eigenvalue weighted by Crippen LogP contribution is 2.36. The van der Waals surface area contributed by atoms with E-state index >= 15 is 0 Å². The molecule has 0 unspecified atom stereocenters. The summed E-state index contributed by atoms with van der Waals surface area (Å²) < 4.78 is 5.62. The normalized spacial score (nSPS) is 17.1. The highest BCUT2D eigenvalue weighted by atomic mass is 35.5. The SMILES string of the molecule is CCNC(=NCC1(c2cccc(Cl)c2)CCOCC1)NCCCCSC. The summed E-state index contributed by atoms with van der Waals surface area (Å²) in [5.74, 6) is 2.12. The van der Waals surface area contributed by atoms with Gasteiger partial charge in [-0.05, 0) is 62.3 Å². The third-order valence-electron chi connectivity index (χ3n) is 4.84. The Morgan fingerprint density at radius 1 is 1.27 bits per heavy atom. The lowest BCUT2D eigenvalue weighted by Crippen LogP contribution is -2.41. The van der Waals surface area contributed by atoms with Gasteiger partial charge in [0.05, 0.1) is 6.54 Å². The number of unbranched alkanes of at least 4 members (excludes halogenated alkanes) is 1. The van der Waals surface area contributed by atoms with Crippen molar-refractivity contribution < 1.29 is 4.74 Å². The Hall–Kier alpha value is -0.910. The molecule has 0 spiro atoms. The van der Waals surface area contributed by atoms with Gasteiger partial charge >= 0.3 is 0 Å². The molecule has 0 radical (unpaired) electrons. The van der Waals surface area contributed by atoms with Gasteiger partial charge in [0.15, 0.2) is 5.96 Å². The molecule has 0 amide bonds. The second kappa shape index (κ2) is 11.7. The molecule has 0 aromatic heterocycles. The maximum Gasteiger partial charge on any atom is 0.191 e. The lowest BCUT2D eigenvalue weighted by Gasteiger charge is -2.36. The molecule has 0 atom stereocenters. The summed E-state index contributed by atoms with van der Waals surface area (Å²) in [6, 6.07) is 8.23. The molecule has 2 rings (SSSR count). The Morgan fingerprint density at radius 3 is 2.77 bits per heavy atom. The van der Waals surface area contributed by atoms with Crippen LogP contribution in [-0.2, 0) is 10.2 Å². The van der Waals surface area contributed by atoms with E-state index in [2.05, 4.69) is 35.9 Å². The molecule has 1 aliphatic heterocycles. The van der Waals surface area contributed by atoms with Crippen molar-refractivity contribution in [1.82, 2.24) is 10.6 Å². The first-order valence-electron chi connectivity index (χ1n) is 9.55. The van der Waals surface area contributed by atoms with Crippen molar-refractivity contribution in [2.75, 3.05) is 44.9 Å². The van der Waals surface area contributed by atoms with Crippen molar-refractivity contribution in [3.05, 3.63) is 34.9 Å². The van der Waals surface area contributed by atoms with Crippen molar-refractivity contribution in [3.63, 3.8) is 0 Å². The van der Waals surface area contributed by atoms with E-state index in [0.717, 1.165) is 56.7 Å². The Morgan fingerprint density at radius 2 is 2.08 bits per heavy atom. The maximum atomic E-state index is 6.26. The molecule has 1 heterocycles. The molecule has 26 heavy (non-hydrogen) atoms. The quantitative estimate of drug-likeness (QED) is 0.374. The van der Waals surface area contributed by atoms with E-state index in [1.54, 1.807) is 0 Å². The smallest absolute Gasteiger partial charge is 0.191 e. The van der Waals surface area contributed by atoms with Crippen molar-refractivity contribution in [3.8, 4) is 0 Å². The maximum absolute atomic E-state index is 6.26. The molecule has 1 aliphatic rings. The average molecular weight is 398 g/mol. The molecule has 6 heteroatoms. The standard InChI is InChI=1S/C20H32ClN3OS/c1-3-22-19(23-11-4-5-14-26-2)24-16-20(9-12-25-13-10-20)17-7-6-8-18(21)15-17/h6-8,15H,3-5,9-14,16H2,1-2H3,(H2,22,23,24). The molecule has 2 N–H and O–H groups in total. The third-order valence-corrected chi connectivity index (χ3v) is 5.77. The van der Waals surface area contributed by atoms with Gasteiger partial charge < -0.3 is 15.4 Å². The summed E-state index contributed by atoms with van der Waals surface area (Å²) in [5.41, 5.74) is 1.28. The van der Waals surface area contributed by atoms with Gasteiger partial charge in [-0.2, -0.15) is 11.8 Å². The molecular formula is C20H32ClN3OS. The van der Waals surface area contributed by atoms with Gasteiger partial charge in [0.25, 0.3) is 0 Å². The number of hydrogen-bond acceptors (Lipinski definition) is 3. The van der Waals surface area contributed by atoms with Crippen LogP contribution in [0.4, 0.5) is 0 Å². The van der Waals surface area contributed by atoms with Crippen LogP contribution in [0.5, 0.6) is 0 Å². The van der Waals surface area contributed by atoms with Gasteiger partial charge in [-0.3, -0.25) is 4.99 Å². The minimum absolute atomic E-state index is 0.00432. The van der Waals surface area contributed by atoms with E-state index < -0.39 is 0 Å². The number of nitrogens with one attached hydrogen (secondary N) is 2. The van der Waals surface area contributed by atoms with E-state index in [4.69, 9.17) is 21.3 Å². The number of rotatable bonds is 9. The van der Waals surface area contributed by atoms with Crippen molar-refractivity contribution >= 4 is 29.3 Å². The lowest BCUT2D eigenvalue weighted by atomic mass is 9.74. The first-order valence-corrected chi connectivity index (χ1v) is 11.3. The van der Waals surface area contributed by atoms with Crippen LogP contribution in [0.2, 0.25) is 5.02 Å². The summed E-state index contributed by atoms with van der Waals surface area (Å²) in [6.45, 7) is 6.23. The first-order chi connectivity index (χ1) is 12.7. The van der Waals surface area contributed by atoms with Crippen LogP contribution in [0.1, 0.15) is 38.2 Å². The van der Waals surface area contributed by atoms with Gasteiger partial charge in [0, 0.05) is 36.7 Å². The van der Waals surface area contributed by atoms with Crippen molar-refractivity contribution in [2.24, 2.45) is 4.99 Å². The molecule has 1 aromatic rings. The van der Waals surface area contributed by atoms with E-state index in [-0.39, 0.29) is 5.41 Å². The van der Waals surface area contributed by atoms with E-state index in [1.165, 1.54) is 24.2 Å². The molecule has 4 nitrogen and oxygen atoms in total. The minimum atomic E-state index is 0.00432. The summed E-state index contributed by atoms with van der Waals surface area (Å²) in [4.78, 5) is 4.92. The number of guanidine groups is 1. The highest BCUT2D eigenvalue weighted by molar-refractivity contribution is 7.98. The predicted octanol–water partition coefficient (Wildman–Crippen LogP) is 4.09. The van der Waals surface area contributed by atoms with E-state index in [9.17, 15) is 0 Å². The van der Waals surface area contributed by atoms with Gasteiger partial charge in [0.2, 0.25) is 0 Å². The molecular weight excluding hydrogens is 366 g/mol. The zero-order valence-corrected chi connectivity index (χ0v) is 17.6. The Balaban J connectivity index is 2.06. The summed E-state index contributed by atoms with van der Waals surface area (Å²) in [5, 5.41) is 7.63. The van der Waals surface area contributed by atoms with Crippen molar-refractivity contribution in [1.29, 1.82) is 0 Å². The van der Waals surface area contributed by atoms with Gasteiger partial charge in [-0.15, -0.1) is 0 Å². The topological polar surface area (TPSA) is 45.7 Å². The highest BCUT2D eigenvalue weighted by Gasteiger charge is 2.34. The number of benzene rings is 1. The molecule has 1 saturated heterocycles. The summed E-state index contributed by atoms with van der Waals surface area (Å²) >= 11 is 8.16. The summed E-state index contributed by atoms with van der Waals surface area (Å²) in [7, 11) is 0. The number of thioether (sulfide) groups is 1. The minimum Gasteiger partial charge on any atom is -0.381 e. The summed E-state index contributed by atoms with van der Waals surface area (Å²) in [6.07, 6.45) is 6.51. The number of aliphatic imine (C=N–C) groups is 1. The fourth-order valence-corrected chi connectivity index (χ4v) is 3.95. The fraction of sp³-hybridized carbons (Fsp3) is 0.650. The molecule has 0 saturated carbocycles. The molecule has 146 valence electrons. The van der Waals surface area contributed by atoms with Gasteiger partial charge in [-0.25, -0.2) is 0 Å². The molecule has 0 bridgehead atoms. The number of hydrogen-bond donors (Lipinski definition) is 2. The second-order valence-electron chi connectivity index (χ2n) is 6.72. The predicted molar refractivity (Wildman–Crippen MR) is 115 cm³/mol. The number of nitrogens with zero attached hydrogens (tertiary/aromatic N) is 1. The van der Waals surface area contributed by atoms with Gasteiger partial charge in [-0.1, -0.05) is 23.7 Å². The zero-order valence-electron chi connectivity index (χ0n) is 16.0. The molecule has 1 aromatic carbocycles. The second-order valence-corrected chi connectivity index (χ2v) is 8.15. The van der Waals surface area contributed by atoms with Crippen LogP contribution in [-0.4, -0.2) is 50.8 Å². The Kier molecular flexibility index (Phi) is 9.65. The molecule has 0 aliphatic carbocycles. The van der Waals surface area contributed by atoms with Crippen LogP contribution < -0.4 is 10.6 Å². The largest absolute Gasteiger partial charge is 0.381 e. The Bertz CT molecular complexity index is 562. The van der Waals surface area contributed by atoms with Crippen LogP contribution in [0.15, 0.2) is 29.3 Å². The molecule has 1 fully saturated rings. The van der Waals surface area contributed by atoms with E-state index in [1.807, 2.05) is 23.9 Å². The average Bonchev–Trinajstić information content (AvgIpc) is 2.66.